The fraction of sp³-hybridized carbons (Fsp3) is 0.364. The van der Waals surface area contributed by atoms with Gasteiger partial charge in [-0.1, -0.05) is 22.0 Å². The summed E-state index contributed by atoms with van der Waals surface area (Å²) in [6.45, 7) is 2.51. The van der Waals surface area contributed by atoms with Crippen LogP contribution in [0.1, 0.15) is 23.7 Å². The van der Waals surface area contributed by atoms with Crippen molar-refractivity contribution in [1.29, 1.82) is 0 Å². The van der Waals surface area contributed by atoms with Gasteiger partial charge in [0.05, 0.1) is 11.1 Å². The number of benzene rings is 1. The third-order valence-corrected chi connectivity index (χ3v) is 2.93. The SMILES string of the molecule is CCOc1cc(C(=O)CCBr)ccc1Br. The summed E-state index contributed by atoms with van der Waals surface area (Å²) in [5, 5.41) is 0.686. The largest absolute Gasteiger partial charge is 0.493 e. The summed E-state index contributed by atoms with van der Waals surface area (Å²) in [6.07, 6.45) is 0.507. The van der Waals surface area contributed by atoms with E-state index in [0.29, 0.717) is 23.9 Å². The van der Waals surface area contributed by atoms with E-state index in [1.807, 2.05) is 13.0 Å². The first-order valence-corrected chi connectivity index (χ1v) is 6.62. The van der Waals surface area contributed by atoms with E-state index in [9.17, 15) is 4.79 Å². The Kier molecular flexibility index (Phi) is 5.32. The van der Waals surface area contributed by atoms with Crippen LogP contribution in [0.5, 0.6) is 5.75 Å². The standard InChI is InChI=1S/C11H12Br2O2/c1-2-15-11-7-8(3-4-9(11)13)10(14)5-6-12/h3-4,7H,2,5-6H2,1H3. The monoisotopic (exact) mass is 334 g/mol. The summed E-state index contributed by atoms with van der Waals surface area (Å²) in [5.41, 5.74) is 0.695. The van der Waals surface area contributed by atoms with Crippen LogP contribution in [-0.4, -0.2) is 17.7 Å². The molecule has 0 atom stereocenters. The molecule has 82 valence electrons. The normalized spacial score (nSPS) is 10.1. The Balaban J connectivity index is 2.91. The molecule has 0 bridgehead atoms. The van der Waals surface area contributed by atoms with E-state index in [1.165, 1.54) is 0 Å². The van der Waals surface area contributed by atoms with Crippen LogP contribution in [0.2, 0.25) is 0 Å². The van der Waals surface area contributed by atoms with E-state index in [2.05, 4.69) is 31.9 Å². The molecule has 0 spiro atoms. The third kappa shape index (κ3) is 3.61. The van der Waals surface area contributed by atoms with E-state index in [-0.39, 0.29) is 5.78 Å². The van der Waals surface area contributed by atoms with Crippen molar-refractivity contribution < 1.29 is 9.53 Å². The van der Waals surface area contributed by atoms with Crippen molar-refractivity contribution in [1.82, 2.24) is 0 Å². The minimum atomic E-state index is 0.125. The molecular formula is C11H12Br2O2. The topological polar surface area (TPSA) is 26.3 Å². The van der Waals surface area contributed by atoms with Gasteiger partial charge in [0.25, 0.3) is 0 Å². The maximum absolute atomic E-state index is 11.6. The lowest BCUT2D eigenvalue weighted by Crippen LogP contribution is -2.01. The summed E-state index contributed by atoms with van der Waals surface area (Å²) in [6, 6.07) is 5.42. The average Bonchev–Trinajstić information content (AvgIpc) is 2.22. The van der Waals surface area contributed by atoms with Gasteiger partial charge in [-0.2, -0.15) is 0 Å². The lowest BCUT2D eigenvalue weighted by molar-refractivity contribution is 0.0989. The highest BCUT2D eigenvalue weighted by atomic mass is 79.9. The summed E-state index contributed by atoms with van der Waals surface area (Å²) < 4.78 is 6.27. The fourth-order valence-electron chi connectivity index (χ4n) is 1.17. The Morgan fingerprint density at radius 1 is 1.47 bits per heavy atom. The first-order chi connectivity index (χ1) is 7.19. The van der Waals surface area contributed by atoms with Gasteiger partial charge in [0.1, 0.15) is 5.75 Å². The molecular weight excluding hydrogens is 324 g/mol. The lowest BCUT2D eigenvalue weighted by Gasteiger charge is -2.07. The van der Waals surface area contributed by atoms with Gasteiger partial charge in [-0.25, -0.2) is 0 Å². The summed E-state index contributed by atoms with van der Waals surface area (Å²) in [7, 11) is 0. The molecule has 0 aliphatic heterocycles. The van der Waals surface area contributed by atoms with Gasteiger partial charge in [0.2, 0.25) is 0 Å². The number of halogens is 2. The molecule has 1 aromatic rings. The maximum Gasteiger partial charge on any atom is 0.163 e. The molecule has 0 aliphatic carbocycles. The molecule has 0 saturated heterocycles. The first-order valence-electron chi connectivity index (χ1n) is 4.70. The maximum atomic E-state index is 11.6. The zero-order valence-electron chi connectivity index (χ0n) is 8.43. The molecule has 0 N–H and O–H groups in total. The second kappa shape index (κ2) is 6.28. The Hall–Kier alpha value is -0.350. The quantitative estimate of drug-likeness (QED) is 0.604. The van der Waals surface area contributed by atoms with Crippen LogP contribution >= 0.6 is 31.9 Å². The number of rotatable bonds is 5. The van der Waals surface area contributed by atoms with E-state index >= 15 is 0 Å². The number of carbonyl (C=O) groups excluding carboxylic acids is 1. The molecule has 0 unspecified atom stereocenters. The van der Waals surface area contributed by atoms with E-state index in [0.717, 1.165) is 10.2 Å². The van der Waals surface area contributed by atoms with Crippen molar-refractivity contribution >= 4 is 37.6 Å². The summed E-state index contributed by atoms with van der Waals surface area (Å²) in [5.74, 6) is 0.846. The number of alkyl halides is 1. The zero-order chi connectivity index (χ0) is 11.3. The van der Waals surface area contributed by atoms with Crippen molar-refractivity contribution in [3.8, 4) is 5.75 Å². The minimum absolute atomic E-state index is 0.125. The highest BCUT2D eigenvalue weighted by molar-refractivity contribution is 9.10. The predicted molar refractivity (Wildman–Crippen MR) is 68.1 cm³/mol. The van der Waals surface area contributed by atoms with Crippen molar-refractivity contribution in [2.24, 2.45) is 0 Å². The second-order valence-electron chi connectivity index (χ2n) is 2.94. The fourth-order valence-corrected chi connectivity index (χ4v) is 1.89. The molecule has 0 aliphatic rings. The van der Waals surface area contributed by atoms with Crippen LogP contribution in [0.25, 0.3) is 0 Å². The number of Topliss-reactive ketones (excluding diaryl/α,β-unsaturated/α-hetero) is 1. The Bertz CT molecular complexity index is 350. The highest BCUT2D eigenvalue weighted by Crippen LogP contribution is 2.26. The van der Waals surface area contributed by atoms with Crippen LogP contribution in [0, 0.1) is 0 Å². The van der Waals surface area contributed by atoms with Gasteiger partial charge >= 0.3 is 0 Å². The zero-order valence-corrected chi connectivity index (χ0v) is 11.6. The van der Waals surface area contributed by atoms with Crippen molar-refractivity contribution in [3.63, 3.8) is 0 Å². The Labute approximate surface area is 106 Å². The summed E-state index contributed by atoms with van der Waals surface area (Å²) in [4.78, 5) is 11.6. The lowest BCUT2D eigenvalue weighted by atomic mass is 10.1. The predicted octanol–water partition coefficient (Wildman–Crippen LogP) is 3.82. The number of hydrogen-bond donors (Lipinski definition) is 0. The Morgan fingerprint density at radius 3 is 2.80 bits per heavy atom. The van der Waals surface area contributed by atoms with E-state index in [4.69, 9.17) is 4.74 Å². The number of ether oxygens (including phenoxy) is 1. The van der Waals surface area contributed by atoms with Crippen molar-refractivity contribution in [2.45, 2.75) is 13.3 Å². The van der Waals surface area contributed by atoms with Gasteiger partial charge in [-0.3, -0.25) is 4.79 Å². The van der Waals surface area contributed by atoms with E-state index < -0.39 is 0 Å². The van der Waals surface area contributed by atoms with Crippen molar-refractivity contribution in [3.05, 3.63) is 28.2 Å². The van der Waals surface area contributed by atoms with Crippen LogP contribution < -0.4 is 4.74 Å². The number of ketones is 1. The van der Waals surface area contributed by atoms with Gasteiger partial charge in [-0.15, -0.1) is 0 Å². The van der Waals surface area contributed by atoms with Crippen molar-refractivity contribution in [2.75, 3.05) is 11.9 Å². The Morgan fingerprint density at radius 2 is 2.20 bits per heavy atom. The molecule has 1 rings (SSSR count). The number of hydrogen-bond acceptors (Lipinski definition) is 2. The first kappa shape index (κ1) is 12.7. The van der Waals surface area contributed by atoms with Crippen LogP contribution in [0.3, 0.4) is 0 Å². The molecule has 0 aromatic heterocycles. The minimum Gasteiger partial charge on any atom is -0.493 e. The summed E-state index contributed by atoms with van der Waals surface area (Å²) >= 11 is 6.62. The third-order valence-electron chi connectivity index (χ3n) is 1.87. The molecule has 0 amide bonds. The number of carbonyl (C=O) groups is 1. The van der Waals surface area contributed by atoms with E-state index in [1.54, 1.807) is 12.1 Å². The molecule has 15 heavy (non-hydrogen) atoms. The smallest absolute Gasteiger partial charge is 0.163 e. The molecule has 4 heteroatoms. The molecule has 0 saturated carbocycles. The second-order valence-corrected chi connectivity index (χ2v) is 4.59. The molecule has 0 fully saturated rings. The average molecular weight is 336 g/mol. The molecule has 0 radical (unpaired) electrons. The van der Waals surface area contributed by atoms with Crippen LogP contribution in [0.4, 0.5) is 0 Å². The highest BCUT2D eigenvalue weighted by Gasteiger charge is 2.08. The van der Waals surface area contributed by atoms with Gasteiger partial charge in [0, 0.05) is 17.3 Å². The molecule has 1 aromatic carbocycles. The molecule has 0 heterocycles. The van der Waals surface area contributed by atoms with Crippen LogP contribution in [-0.2, 0) is 0 Å². The van der Waals surface area contributed by atoms with Gasteiger partial charge in [-0.05, 0) is 35.0 Å². The van der Waals surface area contributed by atoms with Crippen LogP contribution in [0.15, 0.2) is 22.7 Å². The molecule has 2 nitrogen and oxygen atoms in total. The van der Waals surface area contributed by atoms with Gasteiger partial charge < -0.3 is 4.74 Å². The van der Waals surface area contributed by atoms with Gasteiger partial charge in [0.15, 0.2) is 5.78 Å².